The minimum Gasteiger partial charge on any atom is -0.463 e. The Morgan fingerprint density at radius 3 is 3.33 bits per heavy atom. The molecule has 15 heavy (non-hydrogen) atoms. The highest BCUT2D eigenvalue weighted by Crippen LogP contribution is 2.09. The average Bonchev–Trinajstić information content (AvgIpc) is 2.79. The molecule has 1 aromatic heterocycles. The summed E-state index contributed by atoms with van der Waals surface area (Å²) >= 11 is 0. The SMILES string of the molecule is N#Cc1ccnc(OCC2CCNC2)n1. The smallest absolute Gasteiger partial charge is 0.317 e. The van der Waals surface area contributed by atoms with Gasteiger partial charge in [0.05, 0.1) is 6.61 Å². The van der Waals surface area contributed by atoms with Crippen molar-refractivity contribution in [1.82, 2.24) is 15.3 Å². The first kappa shape index (κ1) is 9.87. The summed E-state index contributed by atoms with van der Waals surface area (Å²) in [6, 6.07) is 3.80. The van der Waals surface area contributed by atoms with Crippen LogP contribution in [0.5, 0.6) is 6.01 Å². The number of nitrogens with one attached hydrogen (secondary N) is 1. The van der Waals surface area contributed by atoms with E-state index in [2.05, 4.69) is 15.3 Å². The highest BCUT2D eigenvalue weighted by atomic mass is 16.5. The molecule has 0 radical (unpaired) electrons. The predicted molar refractivity (Wildman–Crippen MR) is 53.2 cm³/mol. The largest absolute Gasteiger partial charge is 0.463 e. The molecule has 2 rings (SSSR count). The van der Waals surface area contributed by atoms with E-state index in [0.717, 1.165) is 19.5 Å². The van der Waals surface area contributed by atoms with E-state index in [-0.39, 0.29) is 0 Å². The van der Waals surface area contributed by atoms with Crippen LogP contribution < -0.4 is 10.1 Å². The van der Waals surface area contributed by atoms with Crippen molar-refractivity contribution >= 4 is 0 Å². The van der Waals surface area contributed by atoms with E-state index in [1.54, 1.807) is 6.07 Å². The van der Waals surface area contributed by atoms with E-state index < -0.39 is 0 Å². The van der Waals surface area contributed by atoms with Gasteiger partial charge in [-0.05, 0) is 19.0 Å². The predicted octanol–water partition coefficient (Wildman–Crippen LogP) is 0.337. The molecule has 0 bridgehead atoms. The molecule has 1 aliphatic heterocycles. The molecule has 0 aromatic carbocycles. The number of nitriles is 1. The molecule has 2 heterocycles. The third kappa shape index (κ3) is 2.64. The van der Waals surface area contributed by atoms with Crippen molar-refractivity contribution in [1.29, 1.82) is 5.26 Å². The lowest BCUT2D eigenvalue weighted by Crippen LogP contribution is -2.16. The Labute approximate surface area is 88.1 Å². The molecule has 5 nitrogen and oxygen atoms in total. The Bertz CT molecular complexity index is 368. The summed E-state index contributed by atoms with van der Waals surface area (Å²) in [5, 5.41) is 11.9. The maximum Gasteiger partial charge on any atom is 0.317 e. The maximum atomic E-state index is 8.64. The molecule has 0 aliphatic carbocycles. The van der Waals surface area contributed by atoms with Gasteiger partial charge in [-0.2, -0.15) is 10.2 Å². The van der Waals surface area contributed by atoms with E-state index in [9.17, 15) is 0 Å². The van der Waals surface area contributed by atoms with E-state index >= 15 is 0 Å². The molecule has 1 aliphatic rings. The Morgan fingerprint density at radius 2 is 2.60 bits per heavy atom. The maximum absolute atomic E-state index is 8.64. The summed E-state index contributed by atoms with van der Waals surface area (Å²) < 4.78 is 5.42. The second kappa shape index (κ2) is 4.71. The van der Waals surface area contributed by atoms with Gasteiger partial charge in [-0.1, -0.05) is 0 Å². The molecule has 5 heteroatoms. The van der Waals surface area contributed by atoms with Gasteiger partial charge in [0.2, 0.25) is 0 Å². The molecule has 1 N–H and O–H groups in total. The van der Waals surface area contributed by atoms with Gasteiger partial charge in [-0.25, -0.2) is 4.98 Å². The van der Waals surface area contributed by atoms with E-state index in [0.29, 0.717) is 24.2 Å². The summed E-state index contributed by atoms with van der Waals surface area (Å²) in [6.07, 6.45) is 2.66. The summed E-state index contributed by atoms with van der Waals surface area (Å²) in [6.45, 7) is 2.65. The minimum atomic E-state index is 0.293. The third-order valence-corrected chi connectivity index (χ3v) is 2.36. The lowest BCUT2D eigenvalue weighted by molar-refractivity contribution is 0.241. The molecule has 1 saturated heterocycles. The van der Waals surface area contributed by atoms with Crippen LogP contribution >= 0.6 is 0 Å². The quantitative estimate of drug-likeness (QED) is 0.768. The normalized spacial score (nSPS) is 19.8. The Morgan fingerprint density at radius 1 is 1.67 bits per heavy atom. The number of hydrogen-bond acceptors (Lipinski definition) is 5. The topological polar surface area (TPSA) is 70.8 Å². The minimum absolute atomic E-state index is 0.293. The summed E-state index contributed by atoms with van der Waals surface area (Å²) in [7, 11) is 0. The molecule has 1 fully saturated rings. The van der Waals surface area contributed by atoms with Crippen LogP contribution in [0.1, 0.15) is 12.1 Å². The van der Waals surface area contributed by atoms with Gasteiger partial charge >= 0.3 is 6.01 Å². The van der Waals surface area contributed by atoms with Crippen LogP contribution in [-0.2, 0) is 0 Å². The average molecular weight is 204 g/mol. The fourth-order valence-corrected chi connectivity index (χ4v) is 1.52. The zero-order valence-electron chi connectivity index (χ0n) is 8.31. The molecule has 78 valence electrons. The Balaban J connectivity index is 1.90. The van der Waals surface area contributed by atoms with Gasteiger partial charge in [0.15, 0.2) is 0 Å². The molecule has 1 unspecified atom stereocenters. The van der Waals surface area contributed by atoms with Crippen molar-refractivity contribution in [3.8, 4) is 12.1 Å². The fraction of sp³-hybridized carbons (Fsp3) is 0.500. The van der Waals surface area contributed by atoms with Crippen molar-refractivity contribution in [3.05, 3.63) is 18.0 Å². The van der Waals surface area contributed by atoms with Crippen molar-refractivity contribution in [2.45, 2.75) is 6.42 Å². The van der Waals surface area contributed by atoms with Crippen molar-refractivity contribution in [2.24, 2.45) is 5.92 Å². The second-order valence-corrected chi connectivity index (χ2v) is 3.51. The third-order valence-electron chi connectivity index (χ3n) is 2.36. The number of rotatable bonds is 3. The molecule has 1 aromatic rings. The van der Waals surface area contributed by atoms with Gasteiger partial charge in [0.25, 0.3) is 0 Å². The highest BCUT2D eigenvalue weighted by molar-refractivity contribution is 5.19. The lowest BCUT2D eigenvalue weighted by Gasteiger charge is -2.08. The van der Waals surface area contributed by atoms with Crippen LogP contribution in [-0.4, -0.2) is 29.7 Å². The first-order valence-corrected chi connectivity index (χ1v) is 4.95. The molecule has 1 atom stereocenters. The van der Waals surface area contributed by atoms with Crippen LogP contribution in [0.4, 0.5) is 0 Å². The summed E-state index contributed by atoms with van der Waals surface area (Å²) in [5.41, 5.74) is 0.338. The Kier molecular flexibility index (Phi) is 3.10. The first-order chi connectivity index (χ1) is 7.38. The first-order valence-electron chi connectivity index (χ1n) is 4.95. The van der Waals surface area contributed by atoms with Crippen molar-refractivity contribution in [3.63, 3.8) is 0 Å². The van der Waals surface area contributed by atoms with Crippen LogP contribution in [0, 0.1) is 17.2 Å². The standard InChI is InChI=1S/C10H12N4O/c11-5-9-2-4-13-10(14-9)15-7-8-1-3-12-6-8/h2,4,8,12H,1,3,6-7H2. The van der Waals surface area contributed by atoms with Gasteiger partial charge in [-0.3, -0.25) is 0 Å². The van der Waals surface area contributed by atoms with Gasteiger partial charge in [0.1, 0.15) is 11.8 Å². The molecule has 0 saturated carbocycles. The van der Waals surface area contributed by atoms with Gasteiger partial charge in [0, 0.05) is 18.7 Å². The van der Waals surface area contributed by atoms with E-state index in [4.69, 9.17) is 10.00 Å². The van der Waals surface area contributed by atoms with Gasteiger partial charge in [-0.15, -0.1) is 0 Å². The molecular formula is C10H12N4O. The van der Waals surface area contributed by atoms with E-state index in [1.807, 2.05) is 6.07 Å². The lowest BCUT2D eigenvalue weighted by atomic mass is 10.1. The Hall–Kier alpha value is -1.67. The van der Waals surface area contributed by atoms with E-state index in [1.165, 1.54) is 6.20 Å². The molecule has 0 spiro atoms. The van der Waals surface area contributed by atoms with Crippen LogP contribution in [0.25, 0.3) is 0 Å². The van der Waals surface area contributed by atoms with Crippen LogP contribution in [0.3, 0.4) is 0 Å². The second-order valence-electron chi connectivity index (χ2n) is 3.51. The molecule has 0 amide bonds. The monoisotopic (exact) mass is 204 g/mol. The van der Waals surface area contributed by atoms with Crippen molar-refractivity contribution in [2.75, 3.05) is 19.7 Å². The number of ether oxygens (including phenoxy) is 1. The van der Waals surface area contributed by atoms with Crippen LogP contribution in [0.15, 0.2) is 12.3 Å². The van der Waals surface area contributed by atoms with Gasteiger partial charge < -0.3 is 10.1 Å². The summed E-state index contributed by atoms with van der Waals surface area (Å²) in [4.78, 5) is 7.88. The number of hydrogen-bond donors (Lipinski definition) is 1. The zero-order chi connectivity index (χ0) is 10.5. The number of aromatic nitrogens is 2. The highest BCUT2D eigenvalue weighted by Gasteiger charge is 2.15. The summed E-state index contributed by atoms with van der Waals surface area (Å²) in [5.74, 6) is 0.527. The fourth-order valence-electron chi connectivity index (χ4n) is 1.52. The number of nitrogens with zero attached hydrogens (tertiary/aromatic N) is 3. The zero-order valence-corrected chi connectivity index (χ0v) is 8.31. The molecular weight excluding hydrogens is 192 g/mol. The van der Waals surface area contributed by atoms with Crippen molar-refractivity contribution < 1.29 is 4.74 Å². The van der Waals surface area contributed by atoms with Crippen LogP contribution in [0.2, 0.25) is 0 Å².